The monoisotopic (exact) mass is 549 g/mol. The second-order valence-corrected chi connectivity index (χ2v) is 10.0. The molecule has 3 rings (SSSR count). The number of unbranched alkanes of at least 4 members (excludes halogenated alkanes) is 8. The first-order valence-corrected chi connectivity index (χ1v) is 13.5. The van der Waals surface area contributed by atoms with Crippen molar-refractivity contribution in [3.8, 4) is 5.75 Å². The van der Waals surface area contributed by atoms with Crippen molar-refractivity contribution < 1.29 is 94.1 Å². The second kappa shape index (κ2) is 16.8. The van der Waals surface area contributed by atoms with Gasteiger partial charge in [0.05, 0.1) is 11.1 Å². The Kier molecular flexibility index (Phi) is 15.5. The van der Waals surface area contributed by atoms with Crippen molar-refractivity contribution in [2.45, 2.75) is 69.1 Å². The summed E-state index contributed by atoms with van der Waals surface area (Å²) in [6.45, 7) is 0.456. The summed E-state index contributed by atoms with van der Waals surface area (Å²) in [7, 11) is -4.45. The Bertz CT molecular complexity index is 1150. The minimum Gasteiger partial charge on any atom is -1.00 e. The molecule has 1 heterocycles. The molecule has 0 fully saturated rings. The zero-order valence-electron chi connectivity index (χ0n) is 23.6. The maximum atomic E-state index is 12.3. The molecule has 0 saturated carbocycles. The Morgan fingerprint density at radius 1 is 0.757 bits per heavy atom. The zero-order chi connectivity index (χ0) is 25.3. The van der Waals surface area contributed by atoms with Crippen molar-refractivity contribution in [1.29, 1.82) is 0 Å². The molecule has 1 aliphatic heterocycles. The third-order valence-electron chi connectivity index (χ3n) is 5.99. The van der Waals surface area contributed by atoms with E-state index in [2.05, 4.69) is 0 Å². The Balaban J connectivity index is 0. The van der Waals surface area contributed by atoms with Gasteiger partial charge in [0.25, 0.3) is 21.9 Å². The molecule has 2 amide bonds. The molecule has 8 nitrogen and oxygen atoms in total. The van der Waals surface area contributed by atoms with E-state index in [4.69, 9.17) is 4.74 Å². The van der Waals surface area contributed by atoms with E-state index in [1.165, 1.54) is 29.2 Å². The molecule has 0 spiro atoms. The first-order valence-electron chi connectivity index (χ1n) is 12.0. The number of amides is 2. The molecule has 192 valence electrons. The summed E-state index contributed by atoms with van der Waals surface area (Å²) in [5.41, 5.74) is 0.988. The number of nitrogens with zero attached hydrogens (tertiary/aromatic N) is 1. The van der Waals surface area contributed by atoms with Crippen molar-refractivity contribution in [3.63, 3.8) is 0 Å². The number of hydrogen-bond donors (Lipinski definition) is 1. The van der Waals surface area contributed by atoms with Crippen LogP contribution in [0.15, 0.2) is 53.4 Å². The van der Waals surface area contributed by atoms with Gasteiger partial charge in [-0.15, -0.1) is 0 Å². The minimum absolute atomic E-state index is 0. The first-order chi connectivity index (χ1) is 16.8. The molecule has 0 saturated heterocycles. The molecule has 11 heteroatoms. The van der Waals surface area contributed by atoms with Gasteiger partial charge in [-0.1, -0.05) is 69.2 Å². The summed E-state index contributed by atoms with van der Waals surface area (Å²) in [5, 5.41) is 0. The number of benzene rings is 2. The third kappa shape index (κ3) is 10.2. The number of ether oxygens (including phenoxy) is 1. The van der Waals surface area contributed by atoms with E-state index in [9.17, 15) is 27.4 Å². The molecular formula is C26H33NNa2O7S. The number of esters is 1. The summed E-state index contributed by atoms with van der Waals surface area (Å²) >= 11 is 0. The molecule has 0 aliphatic carbocycles. The van der Waals surface area contributed by atoms with E-state index < -0.39 is 21.0 Å². The molecule has 0 atom stereocenters. The van der Waals surface area contributed by atoms with Crippen LogP contribution in [0, 0.1) is 0 Å². The van der Waals surface area contributed by atoms with E-state index in [0.717, 1.165) is 51.4 Å². The molecule has 2 aromatic carbocycles. The predicted octanol–water partition coefficient (Wildman–Crippen LogP) is -0.731. The topological polar surface area (TPSA) is 118 Å². The molecule has 1 N–H and O–H groups in total. The van der Waals surface area contributed by atoms with E-state index in [0.29, 0.717) is 24.1 Å². The fourth-order valence-corrected chi connectivity index (χ4v) is 4.75. The van der Waals surface area contributed by atoms with Crippen molar-refractivity contribution in [2.24, 2.45) is 0 Å². The van der Waals surface area contributed by atoms with Gasteiger partial charge >= 0.3 is 65.1 Å². The predicted molar refractivity (Wildman–Crippen MR) is 132 cm³/mol. The molecule has 0 bridgehead atoms. The third-order valence-corrected chi connectivity index (χ3v) is 6.88. The number of carbonyl (C=O) groups is 3. The summed E-state index contributed by atoms with van der Waals surface area (Å²) in [5.74, 6) is -1.09. The smallest absolute Gasteiger partial charge is 1.00 e. The van der Waals surface area contributed by atoms with Crippen LogP contribution < -0.4 is 63.9 Å². The minimum atomic E-state index is -4.45. The first kappa shape index (κ1) is 34.0. The fraction of sp³-hybridized carbons (Fsp3) is 0.423. The van der Waals surface area contributed by atoms with Crippen molar-refractivity contribution in [1.82, 2.24) is 4.90 Å². The number of para-hydroxylation sites is 1. The van der Waals surface area contributed by atoms with Gasteiger partial charge in [0.1, 0.15) is 4.90 Å². The van der Waals surface area contributed by atoms with Gasteiger partial charge in [-0.25, -0.2) is 0 Å². The Morgan fingerprint density at radius 3 is 1.76 bits per heavy atom. The standard InChI is InChI=1S/C26H31NO7S.2Na.2H/c28-24(34-22-16-11-12-17-23(22)35(31,32)33)18-8-6-4-2-1-3-5-7-13-19-27-25(29)20-14-9-10-15-21(20)26(27)30;;;;/h9-12,14-17H,1-8,13,18-19H2,(H,31,32,33);;;;/q;2*+1;2*-1. The maximum absolute atomic E-state index is 12.3. The van der Waals surface area contributed by atoms with E-state index in [-0.39, 0.29) is 86.0 Å². The second-order valence-electron chi connectivity index (χ2n) is 8.64. The molecule has 1 aliphatic rings. The van der Waals surface area contributed by atoms with Crippen LogP contribution in [0.5, 0.6) is 5.75 Å². The normalized spacial score (nSPS) is 12.5. The molecule has 2 aromatic rings. The van der Waals surface area contributed by atoms with Crippen molar-refractivity contribution >= 4 is 27.9 Å². The van der Waals surface area contributed by atoms with E-state index in [1.54, 1.807) is 24.3 Å². The van der Waals surface area contributed by atoms with Gasteiger partial charge in [0.2, 0.25) is 0 Å². The summed E-state index contributed by atoms with van der Waals surface area (Å²) in [6, 6.07) is 12.4. The van der Waals surface area contributed by atoms with Crippen molar-refractivity contribution in [3.05, 3.63) is 59.7 Å². The van der Waals surface area contributed by atoms with Crippen LogP contribution in [-0.4, -0.2) is 42.2 Å². The quantitative estimate of drug-likeness (QED) is 0.0825. The molecule has 0 aromatic heterocycles. The van der Waals surface area contributed by atoms with Crippen LogP contribution in [0.25, 0.3) is 0 Å². The van der Waals surface area contributed by atoms with Crippen LogP contribution in [0.3, 0.4) is 0 Å². The van der Waals surface area contributed by atoms with E-state index >= 15 is 0 Å². The number of hydrogen-bond acceptors (Lipinski definition) is 6. The van der Waals surface area contributed by atoms with Crippen LogP contribution in [0.1, 0.15) is 87.8 Å². The van der Waals surface area contributed by atoms with Crippen LogP contribution in [0.4, 0.5) is 0 Å². The number of imide groups is 1. The molecule has 37 heavy (non-hydrogen) atoms. The fourth-order valence-electron chi connectivity index (χ4n) is 4.14. The number of rotatable bonds is 14. The summed E-state index contributed by atoms with van der Waals surface area (Å²) in [6.07, 6.45) is 8.71. The molecule has 0 radical (unpaired) electrons. The Morgan fingerprint density at radius 2 is 1.22 bits per heavy atom. The SMILES string of the molecule is O=C(CCCCCCCCCCCN1C(=O)c2ccccc2C1=O)Oc1ccccc1S(=O)(=O)O.[H-].[H-].[Na+].[Na+]. The average Bonchev–Trinajstić information content (AvgIpc) is 3.07. The zero-order valence-corrected chi connectivity index (χ0v) is 26.5. The maximum Gasteiger partial charge on any atom is 1.00 e. The van der Waals surface area contributed by atoms with Gasteiger partial charge in [0, 0.05) is 13.0 Å². The molecule has 0 unspecified atom stereocenters. The molecular weight excluding hydrogens is 516 g/mol. The van der Waals surface area contributed by atoms with Crippen molar-refractivity contribution in [2.75, 3.05) is 6.54 Å². The van der Waals surface area contributed by atoms with Gasteiger partial charge < -0.3 is 7.59 Å². The average molecular weight is 550 g/mol. The van der Waals surface area contributed by atoms with Gasteiger partial charge in [-0.05, 0) is 37.1 Å². The van der Waals surface area contributed by atoms with Gasteiger partial charge in [-0.2, -0.15) is 8.42 Å². The number of carbonyl (C=O) groups excluding carboxylic acids is 3. The van der Waals surface area contributed by atoms with Crippen LogP contribution >= 0.6 is 0 Å². The summed E-state index contributed by atoms with van der Waals surface area (Å²) < 4.78 is 37.0. The van der Waals surface area contributed by atoms with E-state index in [1.807, 2.05) is 0 Å². The Hall–Kier alpha value is -1.04. The van der Waals surface area contributed by atoms with Crippen LogP contribution in [0.2, 0.25) is 0 Å². The number of fused-ring (bicyclic) bond motifs is 1. The Labute approximate surface area is 265 Å². The van der Waals surface area contributed by atoms with Crippen LogP contribution in [-0.2, 0) is 14.9 Å². The largest absolute Gasteiger partial charge is 1.00 e. The summed E-state index contributed by atoms with van der Waals surface area (Å²) in [4.78, 5) is 37.6. The van der Waals surface area contributed by atoms with Gasteiger partial charge in [0.15, 0.2) is 5.75 Å². The van der Waals surface area contributed by atoms with Gasteiger partial charge in [-0.3, -0.25) is 23.8 Å².